The van der Waals surface area contributed by atoms with Gasteiger partial charge in [0, 0.05) is 18.7 Å². The lowest BCUT2D eigenvalue weighted by Gasteiger charge is -2.18. The summed E-state index contributed by atoms with van der Waals surface area (Å²) in [7, 11) is 0.969. The number of hydrogen-bond acceptors (Lipinski definition) is 7. The van der Waals surface area contributed by atoms with E-state index in [1.54, 1.807) is 5.01 Å². The fraction of sp³-hybridized carbons (Fsp3) is 0.500. The molecule has 0 unspecified atom stereocenters. The molecule has 1 aromatic rings. The molecule has 0 bridgehead atoms. The van der Waals surface area contributed by atoms with Gasteiger partial charge in [0.2, 0.25) is 5.82 Å². The minimum atomic E-state index is -1.96. The van der Waals surface area contributed by atoms with Crippen LogP contribution in [-0.4, -0.2) is 47.4 Å². The van der Waals surface area contributed by atoms with Crippen LogP contribution in [-0.2, 0) is 9.53 Å². The molecule has 0 saturated carbocycles. The standard InChI is InChI=1S/C20H26F3N3O5/c1-5-7-9-25(10-8-6-2)24-11-13(20(28)31-4)19(27)14-15(21)12(3)16(22)17(23)18(14)26(29)30/h11,27H,5-10H2,1-4H3. The molecular weight excluding hydrogens is 419 g/mol. The van der Waals surface area contributed by atoms with Crippen LogP contribution in [0.2, 0.25) is 0 Å². The van der Waals surface area contributed by atoms with Crippen molar-refractivity contribution in [1.82, 2.24) is 5.01 Å². The van der Waals surface area contributed by atoms with Crippen LogP contribution < -0.4 is 0 Å². The maximum absolute atomic E-state index is 14.7. The average molecular weight is 445 g/mol. The van der Waals surface area contributed by atoms with Gasteiger partial charge in [0.05, 0.1) is 18.2 Å². The minimum Gasteiger partial charge on any atom is -0.506 e. The number of nitro benzene ring substituents is 1. The van der Waals surface area contributed by atoms with E-state index >= 15 is 0 Å². The predicted molar refractivity (Wildman–Crippen MR) is 109 cm³/mol. The van der Waals surface area contributed by atoms with E-state index in [9.17, 15) is 33.2 Å². The third-order valence-corrected chi connectivity index (χ3v) is 4.48. The smallest absolute Gasteiger partial charge is 0.343 e. The van der Waals surface area contributed by atoms with Crippen LogP contribution in [0.15, 0.2) is 10.7 Å². The first kappa shape index (κ1) is 25.9. The average Bonchev–Trinajstić information content (AvgIpc) is 2.75. The van der Waals surface area contributed by atoms with E-state index in [-0.39, 0.29) is 0 Å². The van der Waals surface area contributed by atoms with Crippen LogP contribution >= 0.6 is 0 Å². The van der Waals surface area contributed by atoms with Gasteiger partial charge in [0.25, 0.3) is 0 Å². The van der Waals surface area contributed by atoms with E-state index in [0.717, 1.165) is 45.9 Å². The number of hydrogen-bond donors (Lipinski definition) is 1. The molecule has 0 aliphatic carbocycles. The number of unbranched alkanes of at least 4 members (excludes halogenated alkanes) is 2. The Kier molecular flexibility index (Phi) is 9.97. The summed E-state index contributed by atoms with van der Waals surface area (Å²) >= 11 is 0. The highest BCUT2D eigenvalue weighted by Gasteiger charge is 2.35. The summed E-state index contributed by atoms with van der Waals surface area (Å²) in [6.07, 6.45) is 4.18. The van der Waals surface area contributed by atoms with Crippen molar-refractivity contribution in [3.05, 3.63) is 44.3 Å². The maximum atomic E-state index is 14.7. The van der Waals surface area contributed by atoms with Crippen LogP contribution in [0, 0.1) is 34.5 Å². The van der Waals surface area contributed by atoms with Crippen molar-refractivity contribution in [2.75, 3.05) is 20.2 Å². The third-order valence-electron chi connectivity index (χ3n) is 4.48. The molecule has 0 radical (unpaired) electrons. The molecular formula is C20H26F3N3O5. The Balaban J connectivity index is 3.69. The van der Waals surface area contributed by atoms with Gasteiger partial charge in [-0.05, 0) is 19.8 Å². The van der Waals surface area contributed by atoms with E-state index < -0.39 is 56.5 Å². The minimum absolute atomic E-state index is 0.529. The van der Waals surface area contributed by atoms with E-state index in [4.69, 9.17) is 0 Å². The first-order chi connectivity index (χ1) is 14.6. The predicted octanol–water partition coefficient (Wildman–Crippen LogP) is 4.65. The lowest BCUT2D eigenvalue weighted by molar-refractivity contribution is -0.388. The Hall–Kier alpha value is -3.11. The molecule has 0 aliphatic rings. The van der Waals surface area contributed by atoms with Gasteiger partial charge in [-0.2, -0.15) is 9.49 Å². The maximum Gasteiger partial charge on any atom is 0.343 e. The van der Waals surface area contributed by atoms with Crippen molar-refractivity contribution in [2.24, 2.45) is 5.10 Å². The number of ether oxygens (including phenoxy) is 1. The van der Waals surface area contributed by atoms with Gasteiger partial charge >= 0.3 is 11.7 Å². The van der Waals surface area contributed by atoms with Gasteiger partial charge in [-0.25, -0.2) is 13.6 Å². The van der Waals surface area contributed by atoms with Gasteiger partial charge < -0.3 is 9.84 Å². The number of carbonyl (C=O) groups excluding carboxylic acids is 1. The van der Waals surface area contributed by atoms with Crippen LogP contribution in [0.3, 0.4) is 0 Å². The summed E-state index contributed by atoms with van der Waals surface area (Å²) in [4.78, 5) is 22.1. The zero-order valence-corrected chi connectivity index (χ0v) is 17.9. The van der Waals surface area contributed by atoms with Crippen LogP contribution in [0.1, 0.15) is 50.7 Å². The molecule has 8 nitrogen and oxygen atoms in total. The Labute approximate surface area is 178 Å². The van der Waals surface area contributed by atoms with Gasteiger partial charge in [0.1, 0.15) is 22.7 Å². The molecule has 1 N–H and O–H groups in total. The van der Waals surface area contributed by atoms with Gasteiger partial charge in [-0.3, -0.25) is 15.1 Å². The van der Waals surface area contributed by atoms with Gasteiger partial charge in [0.15, 0.2) is 5.82 Å². The molecule has 1 rings (SSSR count). The Bertz CT molecular complexity index is 880. The van der Waals surface area contributed by atoms with Gasteiger partial charge in [-0.15, -0.1) is 0 Å². The quantitative estimate of drug-likeness (QED) is 0.101. The first-order valence-electron chi connectivity index (χ1n) is 9.74. The van der Waals surface area contributed by atoms with Crippen molar-refractivity contribution in [2.45, 2.75) is 46.5 Å². The number of benzene rings is 1. The Morgan fingerprint density at radius 2 is 1.71 bits per heavy atom. The molecule has 0 amide bonds. The lowest BCUT2D eigenvalue weighted by atomic mass is 10.0. The highest BCUT2D eigenvalue weighted by Crippen LogP contribution is 2.35. The zero-order valence-electron chi connectivity index (χ0n) is 17.9. The molecule has 172 valence electrons. The van der Waals surface area contributed by atoms with E-state index in [0.29, 0.717) is 13.1 Å². The number of methoxy groups -OCH3 is 1. The molecule has 0 saturated heterocycles. The van der Waals surface area contributed by atoms with Crippen LogP contribution in [0.5, 0.6) is 0 Å². The van der Waals surface area contributed by atoms with E-state index in [2.05, 4.69) is 9.84 Å². The van der Waals surface area contributed by atoms with E-state index in [1.807, 2.05) is 13.8 Å². The zero-order chi connectivity index (χ0) is 23.7. The number of carbonyl (C=O) groups is 1. The fourth-order valence-corrected chi connectivity index (χ4v) is 2.66. The first-order valence-corrected chi connectivity index (χ1v) is 9.74. The molecule has 1 aromatic carbocycles. The van der Waals surface area contributed by atoms with Crippen molar-refractivity contribution in [1.29, 1.82) is 0 Å². The number of hydrazone groups is 1. The normalized spacial score (nSPS) is 12.1. The fourth-order valence-electron chi connectivity index (χ4n) is 2.66. The van der Waals surface area contributed by atoms with Crippen molar-refractivity contribution in [3.63, 3.8) is 0 Å². The van der Waals surface area contributed by atoms with Crippen molar-refractivity contribution in [3.8, 4) is 0 Å². The summed E-state index contributed by atoms with van der Waals surface area (Å²) in [5, 5.41) is 27.5. The number of nitro groups is 1. The highest BCUT2D eigenvalue weighted by atomic mass is 19.2. The second kappa shape index (κ2) is 11.9. The number of aliphatic hydroxyl groups excluding tert-OH is 1. The van der Waals surface area contributed by atoms with Crippen LogP contribution in [0.4, 0.5) is 18.9 Å². The largest absolute Gasteiger partial charge is 0.506 e. The molecule has 0 atom stereocenters. The number of nitrogens with zero attached hydrogens (tertiary/aromatic N) is 3. The van der Waals surface area contributed by atoms with Crippen molar-refractivity contribution >= 4 is 23.6 Å². The molecule has 0 heterocycles. The SMILES string of the molecule is CCCCN(CCCC)N=CC(C(=O)OC)=C(O)c1c(F)c(C)c(F)c(F)c1[N+](=O)[O-]. The molecule has 11 heteroatoms. The Morgan fingerprint density at radius 3 is 2.16 bits per heavy atom. The van der Waals surface area contributed by atoms with Gasteiger partial charge in [-0.1, -0.05) is 26.7 Å². The second-order valence-electron chi connectivity index (χ2n) is 6.71. The highest BCUT2D eigenvalue weighted by molar-refractivity contribution is 6.15. The topological polar surface area (TPSA) is 105 Å². The Morgan fingerprint density at radius 1 is 1.16 bits per heavy atom. The summed E-state index contributed by atoms with van der Waals surface area (Å²) in [6.45, 7) is 5.85. The number of aliphatic hydroxyl groups is 1. The molecule has 0 spiro atoms. The summed E-state index contributed by atoms with van der Waals surface area (Å²) < 4.78 is 47.2. The molecule has 31 heavy (non-hydrogen) atoms. The summed E-state index contributed by atoms with van der Waals surface area (Å²) in [6, 6.07) is 0. The van der Waals surface area contributed by atoms with Crippen molar-refractivity contribution < 1.29 is 32.7 Å². The summed E-state index contributed by atoms with van der Waals surface area (Å²) in [5.74, 6) is -7.78. The number of halogens is 3. The number of rotatable bonds is 11. The second-order valence-corrected chi connectivity index (χ2v) is 6.71. The lowest BCUT2D eigenvalue weighted by Crippen LogP contribution is -2.21. The molecule has 0 fully saturated rings. The monoisotopic (exact) mass is 445 g/mol. The summed E-state index contributed by atoms with van der Waals surface area (Å²) in [5.41, 5.74) is -4.53. The molecule has 0 aliphatic heterocycles. The van der Waals surface area contributed by atoms with Crippen LogP contribution in [0.25, 0.3) is 5.76 Å². The third kappa shape index (κ3) is 6.19. The number of esters is 1. The molecule has 0 aromatic heterocycles. The van der Waals surface area contributed by atoms with E-state index in [1.165, 1.54) is 0 Å².